The van der Waals surface area contributed by atoms with E-state index in [0.29, 0.717) is 0 Å². The summed E-state index contributed by atoms with van der Waals surface area (Å²) in [7, 11) is 0. The number of hydrogen-bond donors (Lipinski definition) is 1. The summed E-state index contributed by atoms with van der Waals surface area (Å²) < 4.78 is 0. The summed E-state index contributed by atoms with van der Waals surface area (Å²) in [5.74, 6) is 0. The molecular formula is C14H19NO. The number of aliphatic hydroxyl groups excluding tert-OH is 1. The summed E-state index contributed by atoms with van der Waals surface area (Å²) in [6, 6.07) is 7.18. The molecule has 1 N–H and O–H groups in total. The summed E-state index contributed by atoms with van der Waals surface area (Å²) in [6.45, 7) is 1.33. The second-order valence-electron chi connectivity index (χ2n) is 5.00. The Morgan fingerprint density at radius 1 is 1.25 bits per heavy atom. The maximum absolute atomic E-state index is 9.20. The summed E-state index contributed by atoms with van der Waals surface area (Å²) in [5.41, 5.74) is 3.89. The average molecular weight is 217 g/mol. The lowest BCUT2D eigenvalue weighted by atomic mass is 10.1. The maximum atomic E-state index is 9.20. The number of rotatable bonds is 2. The van der Waals surface area contributed by atoms with Crippen molar-refractivity contribution in [1.82, 2.24) is 0 Å². The summed E-state index contributed by atoms with van der Waals surface area (Å²) in [6.07, 6.45) is 6.65. The van der Waals surface area contributed by atoms with Gasteiger partial charge >= 0.3 is 0 Å². The van der Waals surface area contributed by atoms with E-state index in [-0.39, 0.29) is 6.61 Å². The van der Waals surface area contributed by atoms with E-state index in [1.165, 1.54) is 49.9 Å². The van der Waals surface area contributed by atoms with Crippen molar-refractivity contribution in [3.8, 4) is 0 Å². The first-order valence-corrected chi connectivity index (χ1v) is 6.38. The van der Waals surface area contributed by atoms with Gasteiger partial charge in [0.15, 0.2) is 0 Å². The van der Waals surface area contributed by atoms with Crippen LogP contribution >= 0.6 is 0 Å². The Labute approximate surface area is 96.9 Å². The van der Waals surface area contributed by atoms with Crippen molar-refractivity contribution in [2.75, 3.05) is 11.4 Å². The standard InChI is InChI=1S/C14H19NO/c16-10-11-5-6-12-7-8-15(14(12)9-11)13-3-1-2-4-13/h5-6,9,13,16H,1-4,7-8,10H2. The molecule has 1 aliphatic heterocycles. The minimum atomic E-state index is 0.159. The summed E-state index contributed by atoms with van der Waals surface area (Å²) >= 11 is 0. The number of anilines is 1. The highest BCUT2D eigenvalue weighted by Gasteiger charge is 2.28. The van der Waals surface area contributed by atoms with Crippen LogP contribution in [0.1, 0.15) is 36.8 Å². The molecule has 0 spiro atoms. The van der Waals surface area contributed by atoms with Crippen molar-refractivity contribution in [1.29, 1.82) is 0 Å². The molecular weight excluding hydrogens is 198 g/mol. The van der Waals surface area contributed by atoms with Crippen LogP contribution in [0.15, 0.2) is 18.2 Å². The largest absolute Gasteiger partial charge is 0.392 e. The van der Waals surface area contributed by atoms with Gasteiger partial charge in [-0.3, -0.25) is 0 Å². The SMILES string of the molecule is OCc1ccc2c(c1)N(C1CCCC1)CC2. The van der Waals surface area contributed by atoms with E-state index in [1.807, 2.05) is 0 Å². The van der Waals surface area contributed by atoms with Gasteiger partial charge in [-0.2, -0.15) is 0 Å². The van der Waals surface area contributed by atoms with Gasteiger partial charge in [0.2, 0.25) is 0 Å². The number of aliphatic hydroxyl groups is 1. The third-order valence-corrected chi connectivity index (χ3v) is 4.03. The first-order chi connectivity index (χ1) is 7.88. The number of fused-ring (bicyclic) bond motifs is 1. The quantitative estimate of drug-likeness (QED) is 0.822. The van der Waals surface area contributed by atoms with Gasteiger partial charge < -0.3 is 10.0 Å². The monoisotopic (exact) mass is 217 g/mol. The van der Waals surface area contributed by atoms with Crippen LogP contribution in [0, 0.1) is 0 Å². The van der Waals surface area contributed by atoms with Crippen LogP contribution < -0.4 is 4.90 Å². The Bertz CT molecular complexity index is 382. The van der Waals surface area contributed by atoms with Gasteiger partial charge in [0.05, 0.1) is 6.61 Å². The normalized spacial score (nSPS) is 20.4. The van der Waals surface area contributed by atoms with Gasteiger partial charge in [-0.15, -0.1) is 0 Å². The van der Waals surface area contributed by atoms with Crippen molar-refractivity contribution in [2.24, 2.45) is 0 Å². The fourth-order valence-corrected chi connectivity index (χ4v) is 3.14. The van der Waals surface area contributed by atoms with Crippen LogP contribution in [0.3, 0.4) is 0 Å². The van der Waals surface area contributed by atoms with Crippen molar-refractivity contribution in [3.05, 3.63) is 29.3 Å². The lowest BCUT2D eigenvalue weighted by molar-refractivity contribution is 0.282. The molecule has 0 radical (unpaired) electrons. The van der Waals surface area contributed by atoms with Crippen LogP contribution in [0.4, 0.5) is 5.69 Å². The van der Waals surface area contributed by atoms with Gasteiger partial charge in [-0.1, -0.05) is 25.0 Å². The third-order valence-electron chi connectivity index (χ3n) is 4.03. The molecule has 1 aromatic rings. The highest BCUT2D eigenvalue weighted by Crippen LogP contribution is 2.35. The van der Waals surface area contributed by atoms with E-state index in [1.54, 1.807) is 0 Å². The Morgan fingerprint density at radius 3 is 2.81 bits per heavy atom. The van der Waals surface area contributed by atoms with Crippen LogP contribution in [-0.4, -0.2) is 17.7 Å². The first-order valence-electron chi connectivity index (χ1n) is 6.38. The van der Waals surface area contributed by atoms with E-state index in [0.717, 1.165) is 11.6 Å². The Balaban J connectivity index is 1.90. The lowest BCUT2D eigenvalue weighted by Crippen LogP contribution is -2.31. The van der Waals surface area contributed by atoms with Crippen LogP contribution in [0.25, 0.3) is 0 Å². The van der Waals surface area contributed by atoms with Gasteiger partial charge in [-0.05, 0) is 36.5 Å². The fraction of sp³-hybridized carbons (Fsp3) is 0.571. The average Bonchev–Trinajstić information content (AvgIpc) is 2.96. The van der Waals surface area contributed by atoms with Gasteiger partial charge in [0.1, 0.15) is 0 Å². The molecule has 0 unspecified atom stereocenters. The minimum Gasteiger partial charge on any atom is -0.392 e. The highest BCUT2D eigenvalue weighted by atomic mass is 16.3. The molecule has 0 bridgehead atoms. The molecule has 1 heterocycles. The lowest BCUT2D eigenvalue weighted by Gasteiger charge is -2.27. The molecule has 2 aliphatic rings. The Morgan fingerprint density at radius 2 is 2.06 bits per heavy atom. The van der Waals surface area contributed by atoms with Crippen LogP contribution in [0.5, 0.6) is 0 Å². The van der Waals surface area contributed by atoms with Crippen LogP contribution in [-0.2, 0) is 13.0 Å². The molecule has 2 heteroatoms. The molecule has 0 amide bonds. The van der Waals surface area contributed by atoms with Crippen molar-refractivity contribution in [2.45, 2.75) is 44.8 Å². The second-order valence-corrected chi connectivity index (χ2v) is 5.00. The highest BCUT2D eigenvalue weighted by molar-refractivity contribution is 5.60. The zero-order chi connectivity index (χ0) is 11.0. The number of benzene rings is 1. The molecule has 1 aliphatic carbocycles. The summed E-state index contributed by atoms with van der Waals surface area (Å²) in [5, 5.41) is 9.20. The third kappa shape index (κ3) is 1.61. The smallest absolute Gasteiger partial charge is 0.0682 e. The number of nitrogens with zero attached hydrogens (tertiary/aromatic N) is 1. The van der Waals surface area contributed by atoms with E-state index in [9.17, 15) is 5.11 Å². The first kappa shape index (κ1) is 10.2. The molecule has 3 rings (SSSR count). The van der Waals surface area contributed by atoms with Gasteiger partial charge in [0.25, 0.3) is 0 Å². The van der Waals surface area contributed by atoms with E-state index in [4.69, 9.17) is 0 Å². The summed E-state index contributed by atoms with van der Waals surface area (Å²) in [4.78, 5) is 2.57. The molecule has 2 nitrogen and oxygen atoms in total. The zero-order valence-corrected chi connectivity index (χ0v) is 9.65. The number of hydrogen-bond acceptors (Lipinski definition) is 2. The van der Waals surface area contributed by atoms with E-state index >= 15 is 0 Å². The van der Waals surface area contributed by atoms with Crippen molar-refractivity contribution >= 4 is 5.69 Å². The molecule has 1 aromatic carbocycles. The Kier molecular flexibility index (Phi) is 2.60. The van der Waals surface area contributed by atoms with Crippen LogP contribution in [0.2, 0.25) is 0 Å². The molecule has 1 saturated carbocycles. The molecule has 1 fully saturated rings. The van der Waals surface area contributed by atoms with Gasteiger partial charge in [0, 0.05) is 18.3 Å². The van der Waals surface area contributed by atoms with Crippen molar-refractivity contribution < 1.29 is 5.11 Å². The second kappa shape index (κ2) is 4.10. The van der Waals surface area contributed by atoms with Gasteiger partial charge in [-0.25, -0.2) is 0 Å². The molecule has 0 atom stereocenters. The minimum absolute atomic E-state index is 0.159. The molecule has 0 aromatic heterocycles. The van der Waals surface area contributed by atoms with E-state index < -0.39 is 0 Å². The van der Waals surface area contributed by atoms with E-state index in [2.05, 4.69) is 23.1 Å². The Hall–Kier alpha value is -1.02. The predicted octanol–water partition coefficient (Wildman–Crippen LogP) is 2.48. The molecule has 16 heavy (non-hydrogen) atoms. The maximum Gasteiger partial charge on any atom is 0.0682 e. The predicted molar refractivity (Wildman–Crippen MR) is 65.7 cm³/mol. The zero-order valence-electron chi connectivity index (χ0n) is 9.65. The topological polar surface area (TPSA) is 23.5 Å². The van der Waals surface area contributed by atoms with Crippen molar-refractivity contribution in [3.63, 3.8) is 0 Å². The molecule has 86 valence electrons. The fourth-order valence-electron chi connectivity index (χ4n) is 3.14. The molecule has 0 saturated heterocycles.